The molecule has 1 aliphatic rings. The first kappa shape index (κ1) is 30.9. The fraction of sp³-hybridized carbons (Fsp3) is 0.375. The number of benzene rings is 3. The van der Waals surface area contributed by atoms with Crippen LogP contribution in [0.1, 0.15) is 37.3 Å². The summed E-state index contributed by atoms with van der Waals surface area (Å²) in [6, 6.07) is 23.5. The Kier molecular flexibility index (Phi) is 10.8. The molecule has 1 atom stereocenters. The van der Waals surface area contributed by atoms with E-state index >= 15 is 0 Å². The third kappa shape index (κ3) is 8.48. The predicted molar refractivity (Wildman–Crippen MR) is 163 cm³/mol. The summed E-state index contributed by atoms with van der Waals surface area (Å²) in [7, 11) is -3.64. The molecule has 9 nitrogen and oxygen atoms in total. The van der Waals surface area contributed by atoms with E-state index in [9.17, 15) is 18.0 Å². The summed E-state index contributed by atoms with van der Waals surface area (Å²) in [5.74, 6) is 0.622. The number of anilines is 1. The average Bonchev–Trinajstić information content (AvgIpc) is 3.00. The van der Waals surface area contributed by atoms with Gasteiger partial charge in [-0.05, 0) is 36.1 Å². The highest BCUT2D eigenvalue weighted by Crippen LogP contribution is 2.34. The first-order chi connectivity index (χ1) is 20.3. The van der Waals surface area contributed by atoms with Crippen molar-refractivity contribution in [1.82, 2.24) is 10.2 Å². The number of amides is 2. The standard InChI is InChI=1S/C32H39N3O6S/c1-3-18-33-32(37)28(22-25-11-6-4-7-12-25)34(24-26-13-8-5-9-14-26)31(36)15-10-19-35(42(2,38)39)27-16-17-29-30(23-27)41-21-20-40-29/h4-9,11-14,16-17,23,28H,3,10,15,18-22,24H2,1-2H3,(H,33,37)/t28-/m0/s1. The highest BCUT2D eigenvalue weighted by Gasteiger charge is 2.30. The summed E-state index contributed by atoms with van der Waals surface area (Å²) in [6.07, 6.45) is 2.61. The van der Waals surface area contributed by atoms with Crippen molar-refractivity contribution in [1.29, 1.82) is 0 Å². The molecule has 1 N–H and O–H groups in total. The average molecular weight is 594 g/mol. The molecule has 0 aliphatic carbocycles. The lowest BCUT2D eigenvalue weighted by Crippen LogP contribution is -2.50. The van der Waals surface area contributed by atoms with Gasteiger partial charge in [-0.3, -0.25) is 13.9 Å². The molecule has 42 heavy (non-hydrogen) atoms. The van der Waals surface area contributed by atoms with E-state index in [1.807, 2.05) is 67.6 Å². The second kappa shape index (κ2) is 14.7. The number of fused-ring (bicyclic) bond motifs is 1. The molecule has 0 unspecified atom stereocenters. The van der Waals surface area contributed by atoms with Gasteiger partial charge < -0.3 is 19.7 Å². The van der Waals surface area contributed by atoms with E-state index in [-0.39, 0.29) is 37.7 Å². The maximum atomic E-state index is 13.9. The van der Waals surface area contributed by atoms with Crippen molar-refractivity contribution in [2.75, 3.05) is 36.9 Å². The number of ether oxygens (including phenoxy) is 2. The number of rotatable bonds is 14. The topological polar surface area (TPSA) is 105 Å². The summed E-state index contributed by atoms with van der Waals surface area (Å²) in [5, 5.41) is 2.97. The Balaban J connectivity index is 1.55. The molecule has 1 heterocycles. The summed E-state index contributed by atoms with van der Waals surface area (Å²) in [6.45, 7) is 3.66. The Morgan fingerprint density at radius 3 is 2.19 bits per heavy atom. The number of carbonyl (C=O) groups is 2. The molecule has 2 amide bonds. The first-order valence-corrected chi connectivity index (χ1v) is 16.1. The molecule has 4 rings (SSSR count). The lowest BCUT2D eigenvalue weighted by Gasteiger charge is -2.32. The van der Waals surface area contributed by atoms with Crippen LogP contribution in [0, 0.1) is 0 Å². The van der Waals surface area contributed by atoms with Crippen LogP contribution in [0.5, 0.6) is 11.5 Å². The predicted octanol–water partition coefficient (Wildman–Crippen LogP) is 4.17. The molecule has 0 radical (unpaired) electrons. The number of sulfonamides is 1. The van der Waals surface area contributed by atoms with E-state index < -0.39 is 16.1 Å². The van der Waals surface area contributed by atoms with Gasteiger partial charge in [0.25, 0.3) is 0 Å². The minimum atomic E-state index is -3.64. The SMILES string of the molecule is CCCNC(=O)[C@H](Cc1ccccc1)N(Cc1ccccc1)C(=O)CCCN(c1ccc2c(c1)OCCO2)S(C)(=O)=O. The van der Waals surface area contributed by atoms with Crippen molar-refractivity contribution in [2.45, 2.75) is 45.2 Å². The van der Waals surface area contributed by atoms with Gasteiger partial charge in [0.2, 0.25) is 21.8 Å². The summed E-state index contributed by atoms with van der Waals surface area (Å²) in [5.41, 5.74) is 2.29. The van der Waals surface area contributed by atoms with Gasteiger partial charge in [0.05, 0.1) is 11.9 Å². The van der Waals surface area contributed by atoms with E-state index in [0.717, 1.165) is 23.8 Å². The molecular weight excluding hydrogens is 554 g/mol. The van der Waals surface area contributed by atoms with Crippen molar-refractivity contribution in [2.24, 2.45) is 0 Å². The Labute approximate surface area is 248 Å². The zero-order chi connectivity index (χ0) is 30.0. The van der Waals surface area contributed by atoms with Crippen LogP contribution < -0.4 is 19.1 Å². The van der Waals surface area contributed by atoms with E-state index in [1.54, 1.807) is 23.1 Å². The van der Waals surface area contributed by atoms with E-state index in [4.69, 9.17) is 9.47 Å². The third-order valence-electron chi connectivity index (χ3n) is 6.98. The van der Waals surface area contributed by atoms with Crippen LogP contribution in [0.3, 0.4) is 0 Å². The maximum absolute atomic E-state index is 13.9. The molecule has 0 fully saturated rings. The minimum Gasteiger partial charge on any atom is -0.486 e. The lowest BCUT2D eigenvalue weighted by atomic mass is 10.0. The van der Waals surface area contributed by atoms with E-state index in [0.29, 0.717) is 43.4 Å². The van der Waals surface area contributed by atoms with Crippen LogP contribution in [-0.2, 0) is 32.6 Å². The van der Waals surface area contributed by atoms with Crippen LogP contribution in [0.2, 0.25) is 0 Å². The Morgan fingerprint density at radius 1 is 0.905 bits per heavy atom. The van der Waals surface area contributed by atoms with Crippen molar-refractivity contribution in [3.63, 3.8) is 0 Å². The van der Waals surface area contributed by atoms with Crippen LogP contribution in [0.15, 0.2) is 78.9 Å². The largest absolute Gasteiger partial charge is 0.486 e. The third-order valence-corrected chi connectivity index (χ3v) is 8.18. The van der Waals surface area contributed by atoms with Gasteiger partial charge in [-0.2, -0.15) is 0 Å². The molecule has 0 saturated carbocycles. The zero-order valence-corrected chi connectivity index (χ0v) is 25.0. The van der Waals surface area contributed by atoms with Crippen molar-refractivity contribution >= 4 is 27.5 Å². The van der Waals surface area contributed by atoms with Gasteiger partial charge in [-0.25, -0.2) is 8.42 Å². The molecule has 224 valence electrons. The van der Waals surface area contributed by atoms with Crippen LogP contribution >= 0.6 is 0 Å². The number of carbonyl (C=O) groups excluding carboxylic acids is 2. The normalized spacial score (nSPS) is 13.2. The van der Waals surface area contributed by atoms with Gasteiger partial charge in [0.15, 0.2) is 11.5 Å². The number of hydrogen-bond donors (Lipinski definition) is 1. The van der Waals surface area contributed by atoms with Crippen LogP contribution in [-0.4, -0.2) is 63.7 Å². The molecule has 3 aromatic carbocycles. The Morgan fingerprint density at radius 2 is 1.55 bits per heavy atom. The smallest absolute Gasteiger partial charge is 0.243 e. The molecule has 10 heteroatoms. The highest BCUT2D eigenvalue weighted by molar-refractivity contribution is 7.92. The Hall–Kier alpha value is -4.05. The molecule has 0 aromatic heterocycles. The molecule has 1 aliphatic heterocycles. The zero-order valence-electron chi connectivity index (χ0n) is 24.2. The van der Waals surface area contributed by atoms with Crippen molar-refractivity contribution in [3.05, 3.63) is 90.0 Å². The summed E-state index contributed by atoms with van der Waals surface area (Å²) < 4.78 is 38.0. The molecule has 0 bridgehead atoms. The van der Waals surface area contributed by atoms with E-state index in [1.165, 1.54) is 4.31 Å². The monoisotopic (exact) mass is 593 g/mol. The van der Waals surface area contributed by atoms with Crippen LogP contribution in [0.4, 0.5) is 5.69 Å². The number of nitrogens with one attached hydrogen (secondary N) is 1. The summed E-state index contributed by atoms with van der Waals surface area (Å²) >= 11 is 0. The van der Waals surface area contributed by atoms with Crippen LogP contribution in [0.25, 0.3) is 0 Å². The fourth-order valence-electron chi connectivity index (χ4n) is 4.89. The minimum absolute atomic E-state index is 0.0652. The molecule has 0 spiro atoms. The van der Waals surface area contributed by atoms with Gasteiger partial charge >= 0.3 is 0 Å². The first-order valence-electron chi connectivity index (χ1n) is 14.3. The summed E-state index contributed by atoms with van der Waals surface area (Å²) in [4.78, 5) is 28.9. The fourth-order valence-corrected chi connectivity index (χ4v) is 5.85. The molecule has 0 saturated heterocycles. The van der Waals surface area contributed by atoms with Gasteiger partial charge in [0, 0.05) is 38.5 Å². The van der Waals surface area contributed by atoms with Gasteiger partial charge in [0.1, 0.15) is 19.3 Å². The van der Waals surface area contributed by atoms with Gasteiger partial charge in [-0.15, -0.1) is 0 Å². The lowest BCUT2D eigenvalue weighted by molar-refractivity contribution is -0.141. The van der Waals surface area contributed by atoms with Crippen molar-refractivity contribution in [3.8, 4) is 11.5 Å². The highest BCUT2D eigenvalue weighted by atomic mass is 32.2. The maximum Gasteiger partial charge on any atom is 0.243 e. The quantitative estimate of drug-likeness (QED) is 0.301. The van der Waals surface area contributed by atoms with Crippen molar-refractivity contribution < 1.29 is 27.5 Å². The number of hydrogen-bond acceptors (Lipinski definition) is 6. The molecular formula is C32H39N3O6S. The molecule has 3 aromatic rings. The Bertz CT molecular complexity index is 1430. The van der Waals surface area contributed by atoms with Gasteiger partial charge in [-0.1, -0.05) is 67.6 Å². The van der Waals surface area contributed by atoms with E-state index in [2.05, 4.69) is 5.32 Å². The second-order valence-corrected chi connectivity index (χ2v) is 12.2. The second-order valence-electron chi connectivity index (χ2n) is 10.3. The number of nitrogens with zero attached hydrogens (tertiary/aromatic N) is 2.